The molecule has 2 aromatic carbocycles. The van der Waals surface area contributed by atoms with Crippen molar-refractivity contribution in [2.75, 3.05) is 24.4 Å². The first kappa shape index (κ1) is 18.3. The Morgan fingerprint density at radius 1 is 0.963 bits per heavy atom. The van der Waals surface area contributed by atoms with Crippen LogP contribution in [0.4, 0.5) is 17.1 Å². The van der Waals surface area contributed by atoms with Crippen molar-refractivity contribution in [2.45, 2.75) is 6.92 Å². The smallest absolute Gasteiger partial charge is 0.274 e. The van der Waals surface area contributed by atoms with Gasteiger partial charge in [-0.1, -0.05) is 6.07 Å². The highest BCUT2D eigenvalue weighted by molar-refractivity contribution is 6.03. The number of hydrogen-bond donors (Lipinski definition) is 2. The number of methoxy groups -OCH3 is 1. The molecule has 0 spiro atoms. The summed E-state index contributed by atoms with van der Waals surface area (Å²) in [4.78, 5) is 16.6. The summed E-state index contributed by atoms with van der Waals surface area (Å²) in [6, 6.07) is 18.3. The number of carbonyl (C=O) groups is 1. The number of benzene rings is 2. The fraction of sp³-hybridized carbons (Fsp3) is 0.143. The second kappa shape index (κ2) is 8.71. The molecule has 0 fully saturated rings. The second-order valence-electron chi connectivity index (χ2n) is 5.70. The first-order valence-electron chi connectivity index (χ1n) is 8.59. The molecule has 138 valence electrons. The van der Waals surface area contributed by atoms with Crippen LogP contribution in [0.2, 0.25) is 0 Å². The van der Waals surface area contributed by atoms with Crippen molar-refractivity contribution >= 4 is 23.0 Å². The Morgan fingerprint density at radius 2 is 1.78 bits per heavy atom. The topological polar surface area (TPSA) is 72.5 Å². The van der Waals surface area contributed by atoms with E-state index in [9.17, 15) is 4.79 Å². The van der Waals surface area contributed by atoms with E-state index in [1.165, 1.54) is 0 Å². The van der Waals surface area contributed by atoms with Gasteiger partial charge in [-0.25, -0.2) is 0 Å². The van der Waals surface area contributed by atoms with Crippen molar-refractivity contribution in [3.8, 4) is 11.5 Å². The number of hydrogen-bond acceptors (Lipinski definition) is 5. The molecule has 3 rings (SSSR count). The third-order valence-electron chi connectivity index (χ3n) is 3.77. The quantitative estimate of drug-likeness (QED) is 0.647. The summed E-state index contributed by atoms with van der Waals surface area (Å²) < 4.78 is 10.6. The molecule has 0 aliphatic carbocycles. The molecule has 0 saturated heterocycles. The van der Waals surface area contributed by atoms with Crippen molar-refractivity contribution < 1.29 is 14.3 Å². The van der Waals surface area contributed by atoms with Crippen LogP contribution in [0.1, 0.15) is 17.4 Å². The van der Waals surface area contributed by atoms with Crippen LogP contribution in [0.5, 0.6) is 11.5 Å². The number of rotatable bonds is 7. The molecule has 1 aromatic heterocycles. The van der Waals surface area contributed by atoms with Crippen LogP contribution in [-0.2, 0) is 0 Å². The zero-order valence-electron chi connectivity index (χ0n) is 15.2. The predicted octanol–water partition coefficient (Wildman–Crippen LogP) is 4.48. The number of nitrogens with one attached hydrogen (secondary N) is 2. The van der Waals surface area contributed by atoms with Crippen LogP contribution in [0.15, 0.2) is 66.9 Å². The predicted molar refractivity (Wildman–Crippen MR) is 106 cm³/mol. The molecule has 1 heterocycles. The van der Waals surface area contributed by atoms with Crippen molar-refractivity contribution in [3.05, 3.63) is 72.6 Å². The molecule has 6 nitrogen and oxygen atoms in total. The van der Waals surface area contributed by atoms with Gasteiger partial charge in [-0.2, -0.15) is 0 Å². The molecule has 2 N–H and O–H groups in total. The number of ether oxygens (including phenoxy) is 2. The summed E-state index contributed by atoms with van der Waals surface area (Å²) in [5.74, 6) is 1.20. The SMILES string of the molecule is CCOc1ccc(Nc2ccnc(C(=O)Nc3cccc(OC)c3)c2)cc1. The molecule has 0 bridgehead atoms. The van der Waals surface area contributed by atoms with Gasteiger partial charge in [0.25, 0.3) is 5.91 Å². The van der Waals surface area contributed by atoms with Gasteiger partial charge >= 0.3 is 0 Å². The third-order valence-corrected chi connectivity index (χ3v) is 3.77. The summed E-state index contributed by atoms with van der Waals surface area (Å²) >= 11 is 0. The number of pyridine rings is 1. The van der Waals surface area contributed by atoms with Crippen molar-refractivity contribution in [1.29, 1.82) is 0 Å². The van der Waals surface area contributed by atoms with Gasteiger partial charge in [-0.3, -0.25) is 9.78 Å². The molecule has 0 aliphatic heterocycles. The largest absolute Gasteiger partial charge is 0.497 e. The fourth-order valence-electron chi connectivity index (χ4n) is 2.50. The van der Waals surface area contributed by atoms with Gasteiger partial charge in [0.15, 0.2) is 0 Å². The molecule has 1 amide bonds. The minimum Gasteiger partial charge on any atom is -0.497 e. The summed E-state index contributed by atoms with van der Waals surface area (Å²) in [7, 11) is 1.58. The Kier molecular flexibility index (Phi) is 5.89. The van der Waals surface area contributed by atoms with Gasteiger partial charge < -0.3 is 20.1 Å². The van der Waals surface area contributed by atoms with E-state index in [2.05, 4.69) is 15.6 Å². The van der Waals surface area contributed by atoms with Crippen LogP contribution in [0.25, 0.3) is 0 Å². The van der Waals surface area contributed by atoms with E-state index in [-0.39, 0.29) is 5.91 Å². The zero-order valence-corrected chi connectivity index (χ0v) is 15.2. The van der Waals surface area contributed by atoms with Gasteiger partial charge in [0.05, 0.1) is 13.7 Å². The average molecular weight is 363 g/mol. The maximum Gasteiger partial charge on any atom is 0.274 e. The normalized spacial score (nSPS) is 10.1. The highest BCUT2D eigenvalue weighted by Crippen LogP contribution is 2.21. The van der Waals surface area contributed by atoms with E-state index in [1.54, 1.807) is 37.6 Å². The first-order chi connectivity index (χ1) is 13.2. The van der Waals surface area contributed by atoms with Crippen LogP contribution in [0, 0.1) is 0 Å². The van der Waals surface area contributed by atoms with Crippen LogP contribution in [-0.4, -0.2) is 24.6 Å². The number of aromatic nitrogens is 1. The Hall–Kier alpha value is -3.54. The van der Waals surface area contributed by atoms with Crippen molar-refractivity contribution in [3.63, 3.8) is 0 Å². The Labute approximate surface area is 158 Å². The zero-order chi connectivity index (χ0) is 19.1. The minimum atomic E-state index is -0.293. The summed E-state index contributed by atoms with van der Waals surface area (Å²) in [6.07, 6.45) is 1.59. The first-order valence-corrected chi connectivity index (χ1v) is 8.59. The lowest BCUT2D eigenvalue weighted by molar-refractivity contribution is 0.102. The van der Waals surface area contributed by atoms with Gasteiger partial charge in [-0.15, -0.1) is 0 Å². The molecular weight excluding hydrogens is 342 g/mol. The van der Waals surface area contributed by atoms with Crippen LogP contribution in [0.3, 0.4) is 0 Å². The van der Waals surface area contributed by atoms with Crippen molar-refractivity contribution in [1.82, 2.24) is 4.98 Å². The molecular formula is C21H21N3O3. The summed E-state index contributed by atoms with van der Waals surface area (Å²) in [5, 5.41) is 6.07. The Balaban J connectivity index is 1.69. The lowest BCUT2D eigenvalue weighted by atomic mass is 10.2. The van der Waals surface area contributed by atoms with Crippen LogP contribution >= 0.6 is 0 Å². The van der Waals surface area contributed by atoms with Gasteiger partial charge in [-0.05, 0) is 55.5 Å². The van der Waals surface area contributed by atoms with Gasteiger partial charge in [0.2, 0.25) is 0 Å². The Morgan fingerprint density at radius 3 is 2.52 bits per heavy atom. The lowest BCUT2D eigenvalue weighted by Gasteiger charge is -2.10. The molecule has 3 aromatic rings. The van der Waals surface area contributed by atoms with E-state index < -0.39 is 0 Å². The monoisotopic (exact) mass is 363 g/mol. The third kappa shape index (κ3) is 4.98. The number of nitrogens with zero attached hydrogens (tertiary/aromatic N) is 1. The maximum absolute atomic E-state index is 12.5. The average Bonchev–Trinajstić information content (AvgIpc) is 2.70. The van der Waals surface area contributed by atoms with E-state index in [1.807, 2.05) is 43.3 Å². The highest BCUT2D eigenvalue weighted by atomic mass is 16.5. The molecule has 0 atom stereocenters. The van der Waals surface area contributed by atoms with E-state index in [0.29, 0.717) is 23.7 Å². The van der Waals surface area contributed by atoms with Gasteiger partial charge in [0, 0.05) is 29.3 Å². The van der Waals surface area contributed by atoms with E-state index >= 15 is 0 Å². The number of carbonyl (C=O) groups excluding carboxylic acids is 1. The molecule has 0 radical (unpaired) electrons. The molecule has 0 saturated carbocycles. The standard InChI is InChI=1S/C21H21N3O3/c1-3-27-18-9-7-15(8-10-18)23-17-11-12-22-20(14-17)21(25)24-16-5-4-6-19(13-16)26-2/h4-14H,3H2,1-2H3,(H,22,23)(H,24,25). The van der Waals surface area contributed by atoms with E-state index in [0.717, 1.165) is 17.1 Å². The minimum absolute atomic E-state index is 0.293. The number of amides is 1. The maximum atomic E-state index is 12.5. The lowest BCUT2D eigenvalue weighted by Crippen LogP contribution is -2.13. The molecule has 6 heteroatoms. The van der Waals surface area contributed by atoms with Gasteiger partial charge in [0.1, 0.15) is 17.2 Å². The second-order valence-corrected chi connectivity index (χ2v) is 5.70. The number of anilines is 3. The molecule has 0 unspecified atom stereocenters. The molecule has 0 aliphatic rings. The Bertz CT molecular complexity index is 911. The highest BCUT2D eigenvalue weighted by Gasteiger charge is 2.09. The summed E-state index contributed by atoms with van der Waals surface area (Å²) in [5.41, 5.74) is 2.62. The summed E-state index contributed by atoms with van der Waals surface area (Å²) in [6.45, 7) is 2.57. The fourth-order valence-corrected chi connectivity index (χ4v) is 2.50. The van der Waals surface area contributed by atoms with Crippen molar-refractivity contribution in [2.24, 2.45) is 0 Å². The van der Waals surface area contributed by atoms with E-state index in [4.69, 9.17) is 9.47 Å². The molecule has 27 heavy (non-hydrogen) atoms. The van der Waals surface area contributed by atoms with Crippen LogP contribution < -0.4 is 20.1 Å².